The first-order valence-corrected chi connectivity index (χ1v) is 6.08. The summed E-state index contributed by atoms with van der Waals surface area (Å²) in [4.78, 5) is 4.36. The van der Waals surface area contributed by atoms with Crippen LogP contribution in [0.4, 0.5) is 0 Å². The van der Waals surface area contributed by atoms with Crippen molar-refractivity contribution < 1.29 is 0 Å². The highest BCUT2D eigenvalue weighted by atomic mass is 32.2. The Bertz CT molecular complexity index is 258. The van der Waals surface area contributed by atoms with Crippen molar-refractivity contribution in [2.45, 2.75) is 37.8 Å². The highest BCUT2D eigenvalue weighted by molar-refractivity contribution is 7.99. The Labute approximate surface area is 90.3 Å². The molecule has 0 aliphatic heterocycles. The summed E-state index contributed by atoms with van der Waals surface area (Å²) in [5.41, 5.74) is 7.10. The van der Waals surface area contributed by atoms with E-state index in [0.717, 1.165) is 23.6 Å². The predicted molar refractivity (Wildman–Crippen MR) is 62.6 cm³/mol. The molecule has 0 amide bonds. The Morgan fingerprint density at radius 3 is 2.71 bits per heavy atom. The Kier molecular flexibility index (Phi) is 4.98. The minimum absolute atomic E-state index is 0.265. The van der Waals surface area contributed by atoms with E-state index in [2.05, 4.69) is 31.0 Å². The molecule has 3 heteroatoms. The van der Waals surface area contributed by atoms with Gasteiger partial charge >= 0.3 is 0 Å². The molecule has 0 bridgehead atoms. The first-order chi connectivity index (χ1) is 6.76. The standard InChI is InChI=1S/C11H18N2S/c1-3-10(12)7-9-5-6-11(13-8-9)14-4-2/h5-6,8,10H,3-4,7,12H2,1-2H3. The third-order valence-corrected chi connectivity index (χ3v) is 2.94. The summed E-state index contributed by atoms with van der Waals surface area (Å²) in [5, 5.41) is 1.10. The van der Waals surface area contributed by atoms with Crippen molar-refractivity contribution in [3.63, 3.8) is 0 Å². The average molecular weight is 210 g/mol. The fraction of sp³-hybridized carbons (Fsp3) is 0.545. The third kappa shape index (κ3) is 3.68. The van der Waals surface area contributed by atoms with Crippen LogP contribution in [0.2, 0.25) is 0 Å². The van der Waals surface area contributed by atoms with Crippen LogP contribution in [0.15, 0.2) is 23.4 Å². The second-order valence-corrected chi connectivity index (χ2v) is 4.59. The maximum absolute atomic E-state index is 5.87. The molecule has 1 unspecified atom stereocenters. The van der Waals surface area contributed by atoms with Crippen molar-refractivity contribution in [3.8, 4) is 0 Å². The van der Waals surface area contributed by atoms with Gasteiger partial charge in [0.15, 0.2) is 0 Å². The predicted octanol–water partition coefficient (Wildman–Crippen LogP) is 2.47. The molecule has 1 heterocycles. The maximum Gasteiger partial charge on any atom is 0.0959 e. The largest absolute Gasteiger partial charge is 0.327 e. The molecule has 0 aliphatic rings. The van der Waals surface area contributed by atoms with E-state index in [1.807, 2.05) is 6.20 Å². The zero-order valence-corrected chi connectivity index (χ0v) is 9.68. The molecule has 78 valence electrons. The van der Waals surface area contributed by atoms with Gasteiger partial charge in [-0.1, -0.05) is 19.9 Å². The summed E-state index contributed by atoms with van der Waals surface area (Å²) in [5.74, 6) is 1.07. The SMILES string of the molecule is CCSc1ccc(CC(N)CC)cn1. The van der Waals surface area contributed by atoms with Crippen LogP contribution in [0.1, 0.15) is 25.8 Å². The smallest absolute Gasteiger partial charge is 0.0959 e. The molecule has 1 atom stereocenters. The number of hydrogen-bond acceptors (Lipinski definition) is 3. The summed E-state index contributed by atoms with van der Waals surface area (Å²) in [6.45, 7) is 4.24. The van der Waals surface area contributed by atoms with Crippen molar-refractivity contribution in [3.05, 3.63) is 23.9 Å². The van der Waals surface area contributed by atoms with E-state index in [1.165, 1.54) is 5.56 Å². The minimum atomic E-state index is 0.265. The summed E-state index contributed by atoms with van der Waals surface area (Å²) in [6.07, 6.45) is 3.89. The van der Waals surface area contributed by atoms with Gasteiger partial charge in [-0.3, -0.25) is 0 Å². The van der Waals surface area contributed by atoms with Crippen LogP contribution in [0, 0.1) is 0 Å². The topological polar surface area (TPSA) is 38.9 Å². The van der Waals surface area contributed by atoms with E-state index in [9.17, 15) is 0 Å². The summed E-state index contributed by atoms with van der Waals surface area (Å²) in [6, 6.07) is 4.47. The normalized spacial score (nSPS) is 12.8. The zero-order valence-electron chi connectivity index (χ0n) is 8.86. The van der Waals surface area contributed by atoms with Crippen molar-refractivity contribution in [1.82, 2.24) is 4.98 Å². The van der Waals surface area contributed by atoms with Crippen LogP contribution in [-0.2, 0) is 6.42 Å². The first kappa shape index (κ1) is 11.5. The van der Waals surface area contributed by atoms with E-state index >= 15 is 0 Å². The number of aromatic nitrogens is 1. The quantitative estimate of drug-likeness (QED) is 0.759. The minimum Gasteiger partial charge on any atom is -0.327 e. The monoisotopic (exact) mass is 210 g/mol. The fourth-order valence-electron chi connectivity index (χ4n) is 1.21. The number of nitrogens with zero attached hydrogens (tertiary/aromatic N) is 1. The highest BCUT2D eigenvalue weighted by Crippen LogP contribution is 2.14. The number of rotatable bonds is 5. The van der Waals surface area contributed by atoms with E-state index in [0.29, 0.717) is 0 Å². The number of pyridine rings is 1. The third-order valence-electron chi connectivity index (χ3n) is 2.11. The second kappa shape index (κ2) is 6.04. The van der Waals surface area contributed by atoms with Gasteiger partial charge in [-0.2, -0.15) is 0 Å². The molecule has 1 rings (SSSR count). The molecule has 0 saturated carbocycles. The highest BCUT2D eigenvalue weighted by Gasteiger charge is 2.01. The first-order valence-electron chi connectivity index (χ1n) is 5.09. The molecule has 2 N–H and O–H groups in total. The van der Waals surface area contributed by atoms with Crippen molar-refractivity contribution in [2.24, 2.45) is 5.73 Å². The lowest BCUT2D eigenvalue weighted by atomic mass is 10.1. The molecule has 2 nitrogen and oxygen atoms in total. The van der Waals surface area contributed by atoms with E-state index in [1.54, 1.807) is 11.8 Å². The van der Waals surface area contributed by atoms with Crippen LogP contribution in [0.3, 0.4) is 0 Å². The van der Waals surface area contributed by atoms with Gasteiger partial charge < -0.3 is 5.73 Å². The van der Waals surface area contributed by atoms with Gasteiger partial charge in [-0.05, 0) is 30.2 Å². The molecule has 0 spiro atoms. The summed E-state index contributed by atoms with van der Waals surface area (Å²) >= 11 is 1.77. The van der Waals surface area contributed by atoms with Gasteiger partial charge in [-0.15, -0.1) is 11.8 Å². The molecule has 0 fully saturated rings. The van der Waals surface area contributed by atoms with E-state index < -0.39 is 0 Å². The van der Waals surface area contributed by atoms with Gasteiger partial charge in [0.2, 0.25) is 0 Å². The fourth-order valence-corrected chi connectivity index (χ4v) is 1.80. The summed E-state index contributed by atoms with van der Waals surface area (Å²) in [7, 11) is 0. The second-order valence-electron chi connectivity index (χ2n) is 3.31. The molecule has 0 aromatic carbocycles. The van der Waals surface area contributed by atoms with E-state index in [-0.39, 0.29) is 6.04 Å². The molecule has 14 heavy (non-hydrogen) atoms. The van der Waals surface area contributed by atoms with Gasteiger partial charge in [0.1, 0.15) is 0 Å². The molecular weight excluding hydrogens is 192 g/mol. The Hall–Kier alpha value is -0.540. The number of thioether (sulfide) groups is 1. The lowest BCUT2D eigenvalue weighted by Crippen LogP contribution is -2.21. The van der Waals surface area contributed by atoms with Crippen LogP contribution in [-0.4, -0.2) is 16.8 Å². The van der Waals surface area contributed by atoms with Crippen molar-refractivity contribution >= 4 is 11.8 Å². The van der Waals surface area contributed by atoms with Crippen molar-refractivity contribution in [2.75, 3.05) is 5.75 Å². The molecule has 0 saturated heterocycles. The maximum atomic E-state index is 5.87. The van der Waals surface area contributed by atoms with Crippen molar-refractivity contribution in [1.29, 1.82) is 0 Å². The van der Waals surface area contributed by atoms with Gasteiger partial charge in [0.25, 0.3) is 0 Å². The molecule has 1 aromatic rings. The van der Waals surface area contributed by atoms with Gasteiger partial charge in [0, 0.05) is 12.2 Å². The molecule has 1 aromatic heterocycles. The van der Waals surface area contributed by atoms with Gasteiger partial charge in [0.05, 0.1) is 5.03 Å². The Morgan fingerprint density at radius 1 is 1.43 bits per heavy atom. The van der Waals surface area contributed by atoms with Crippen LogP contribution >= 0.6 is 11.8 Å². The molecular formula is C11H18N2S. The van der Waals surface area contributed by atoms with Gasteiger partial charge in [-0.25, -0.2) is 4.98 Å². The molecule has 0 aliphatic carbocycles. The zero-order chi connectivity index (χ0) is 10.4. The Balaban J connectivity index is 2.54. The number of nitrogens with two attached hydrogens (primary N) is 1. The Morgan fingerprint density at radius 2 is 2.21 bits per heavy atom. The lowest BCUT2D eigenvalue weighted by Gasteiger charge is -2.08. The molecule has 0 radical (unpaired) electrons. The lowest BCUT2D eigenvalue weighted by molar-refractivity contribution is 0.644. The summed E-state index contributed by atoms with van der Waals surface area (Å²) < 4.78 is 0. The van der Waals surface area contributed by atoms with E-state index in [4.69, 9.17) is 5.73 Å². The van der Waals surface area contributed by atoms with Crippen LogP contribution in [0.25, 0.3) is 0 Å². The number of hydrogen-bond donors (Lipinski definition) is 1. The van der Waals surface area contributed by atoms with Crippen LogP contribution in [0.5, 0.6) is 0 Å². The van der Waals surface area contributed by atoms with Crippen LogP contribution < -0.4 is 5.73 Å². The average Bonchev–Trinajstić information content (AvgIpc) is 2.21.